The van der Waals surface area contributed by atoms with Crippen LogP contribution in [0.4, 0.5) is 10.2 Å². The van der Waals surface area contributed by atoms with Crippen LogP contribution in [0.25, 0.3) is 27.6 Å². The SMILES string of the molecule is CC(=O)Nc1cc(-c2ccc(Cl)cc2)nn1-c1nc(-c2ccc(F)cc2)cs1. The van der Waals surface area contributed by atoms with Gasteiger partial charge in [-0.25, -0.2) is 9.37 Å². The van der Waals surface area contributed by atoms with Crippen LogP contribution >= 0.6 is 22.9 Å². The molecule has 2 aromatic carbocycles. The van der Waals surface area contributed by atoms with Gasteiger partial charge in [0.25, 0.3) is 0 Å². The molecule has 0 aliphatic rings. The number of carbonyl (C=O) groups excluding carboxylic acids is 1. The fraction of sp³-hybridized carbons (Fsp3) is 0.0500. The summed E-state index contributed by atoms with van der Waals surface area (Å²) in [6, 6.07) is 15.2. The summed E-state index contributed by atoms with van der Waals surface area (Å²) < 4.78 is 14.7. The molecule has 140 valence electrons. The molecule has 8 heteroatoms. The Hall–Kier alpha value is -3.03. The first-order chi connectivity index (χ1) is 13.5. The molecule has 0 unspecified atom stereocenters. The van der Waals surface area contributed by atoms with E-state index in [1.54, 1.807) is 35.0 Å². The number of carbonyl (C=O) groups is 1. The molecule has 0 radical (unpaired) electrons. The molecular weight excluding hydrogens is 399 g/mol. The maximum absolute atomic E-state index is 13.2. The third-order valence-corrected chi connectivity index (χ3v) is 5.03. The number of benzene rings is 2. The number of hydrogen-bond acceptors (Lipinski definition) is 4. The zero-order chi connectivity index (χ0) is 19.7. The molecule has 0 aliphatic heterocycles. The molecule has 2 heterocycles. The number of rotatable bonds is 4. The largest absolute Gasteiger partial charge is 0.311 e. The third-order valence-electron chi connectivity index (χ3n) is 3.97. The molecule has 5 nitrogen and oxygen atoms in total. The van der Waals surface area contributed by atoms with Crippen LogP contribution in [0.15, 0.2) is 60.0 Å². The summed E-state index contributed by atoms with van der Waals surface area (Å²) in [5, 5.41) is 10.5. The van der Waals surface area contributed by atoms with Crippen molar-refractivity contribution in [2.45, 2.75) is 6.92 Å². The van der Waals surface area contributed by atoms with Gasteiger partial charge in [-0.1, -0.05) is 23.7 Å². The van der Waals surface area contributed by atoms with Crippen molar-refractivity contribution in [1.29, 1.82) is 0 Å². The maximum atomic E-state index is 13.2. The van der Waals surface area contributed by atoms with Gasteiger partial charge < -0.3 is 5.32 Å². The van der Waals surface area contributed by atoms with Crippen LogP contribution in [0.2, 0.25) is 5.02 Å². The Kier molecular flexibility index (Phi) is 4.93. The topological polar surface area (TPSA) is 59.8 Å². The maximum Gasteiger partial charge on any atom is 0.222 e. The first kappa shape index (κ1) is 18.3. The molecule has 0 spiro atoms. The normalized spacial score (nSPS) is 10.8. The highest BCUT2D eigenvalue weighted by atomic mass is 35.5. The molecule has 0 saturated heterocycles. The van der Waals surface area contributed by atoms with Crippen molar-refractivity contribution in [2.75, 3.05) is 5.32 Å². The van der Waals surface area contributed by atoms with Crippen molar-refractivity contribution < 1.29 is 9.18 Å². The van der Waals surface area contributed by atoms with E-state index in [9.17, 15) is 9.18 Å². The summed E-state index contributed by atoms with van der Waals surface area (Å²) in [6.07, 6.45) is 0. The van der Waals surface area contributed by atoms with E-state index in [1.165, 1.54) is 30.4 Å². The fourth-order valence-corrected chi connectivity index (χ4v) is 3.59. The highest BCUT2D eigenvalue weighted by Crippen LogP contribution is 2.29. The lowest BCUT2D eigenvalue weighted by molar-refractivity contribution is -0.114. The van der Waals surface area contributed by atoms with Crippen LogP contribution < -0.4 is 5.32 Å². The molecular formula is C20H14ClFN4OS. The number of thiazole rings is 1. The number of amides is 1. The zero-order valence-corrected chi connectivity index (χ0v) is 16.3. The monoisotopic (exact) mass is 412 g/mol. The summed E-state index contributed by atoms with van der Waals surface area (Å²) in [6.45, 7) is 1.44. The van der Waals surface area contributed by atoms with Crippen LogP contribution in [0.5, 0.6) is 0 Å². The van der Waals surface area contributed by atoms with Gasteiger partial charge in [0, 0.05) is 34.5 Å². The second kappa shape index (κ2) is 7.53. The van der Waals surface area contributed by atoms with E-state index in [-0.39, 0.29) is 11.7 Å². The van der Waals surface area contributed by atoms with Crippen LogP contribution in [0.3, 0.4) is 0 Å². The van der Waals surface area contributed by atoms with Gasteiger partial charge in [-0.3, -0.25) is 4.79 Å². The molecule has 1 amide bonds. The van der Waals surface area contributed by atoms with Gasteiger partial charge in [-0.15, -0.1) is 11.3 Å². The van der Waals surface area contributed by atoms with E-state index >= 15 is 0 Å². The molecule has 0 atom stereocenters. The van der Waals surface area contributed by atoms with Gasteiger partial charge in [0.1, 0.15) is 11.6 Å². The number of hydrogen-bond donors (Lipinski definition) is 1. The molecule has 2 aromatic heterocycles. The minimum absolute atomic E-state index is 0.209. The third kappa shape index (κ3) is 3.81. The second-order valence-electron chi connectivity index (χ2n) is 6.04. The molecule has 0 aliphatic carbocycles. The summed E-state index contributed by atoms with van der Waals surface area (Å²) in [4.78, 5) is 16.2. The molecule has 0 bridgehead atoms. The average Bonchev–Trinajstić information content (AvgIpc) is 3.30. The van der Waals surface area contributed by atoms with E-state index < -0.39 is 0 Å². The first-order valence-corrected chi connectivity index (χ1v) is 9.61. The minimum Gasteiger partial charge on any atom is -0.311 e. The molecule has 0 saturated carbocycles. The minimum atomic E-state index is -0.299. The first-order valence-electron chi connectivity index (χ1n) is 8.35. The number of halogens is 2. The Balaban J connectivity index is 1.74. The van der Waals surface area contributed by atoms with E-state index in [4.69, 9.17) is 11.6 Å². The Morgan fingerprint density at radius 1 is 1.07 bits per heavy atom. The summed E-state index contributed by atoms with van der Waals surface area (Å²) >= 11 is 7.33. The van der Waals surface area contributed by atoms with E-state index in [0.717, 1.165) is 11.1 Å². The van der Waals surface area contributed by atoms with Crippen molar-refractivity contribution in [2.24, 2.45) is 0 Å². The number of aromatic nitrogens is 3. The van der Waals surface area contributed by atoms with Crippen molar-refractivity contribution in [3.8, 4) is 27.6 Å². The summed E-state index contributed by atoms with van der Waals surface area (Å²) in [5.74, 6) is 0.00315. The average molecular weight is 413 g/mol. The van der Waals surface area contributed by atoms with Gasteiger partial charge >= 0.3 is 0 Å². The van der Waals surface area contributed by atoms with Crippen LogP contribution in [-0.2, 0) is 4.79 Å². The molecule has 28 heavy (non-hydrogen) atoms. The predicted octanol–water partition coefficient (Wildman–Crippen LogP) is 5.41. The van der Waals surface area contributed by atoms with E-state index in [0.29, 0.717) is 27.4 Å². The Labute approximate surface area is 169 Å². The molecule has 0 fully saturated rings. The summed E-state index contributed by atoms with van der Waals surface area (Å²) in [5.41, 5.74) is 3.05. The smallest absolute Gasteiger partial charge is 0.222 e. The molecule has 1 N–H and O–H groups in total. The van der Waals surface area contributed by atoms with Gasteiger partial charge in [0.05, 0.1) is 11.4 Å². The highest BCUT2D eigenvalue weighted by molar-refractivity contribution is 7.12. The second-order valence-corrected chi connectivity index (χ2v) is 7.31. The zero-order valence-electron chi connectivity index (χ0n) is 14.7. The van der Waals surface area contributed by atoms with Gasteiger partial charge in [0.2, 0.25) is 11.0 Å². The van der Waals surface area contributed by atoms with E-state index in [1.807, 2.05) is 17.5 Å². The number of nitrogens with one attached hydrogen (secondary N) is 1. The Morgan fingerprint density at radius 2 is 1.71 bits per heavy atom. The van der Waals surface area contributed by atoms with Crippen molar-refractivity contribution >= 4 is 34.7 Å². The van der Waals surface area contributed by atoms with Gasteiger partial charge in [-0.2, -0.15) is 9.78 Å². The van der Waals surface area contributed by atoms with Gasteiger partial charge in [-0.05, 0) is 36.4 Å². The van der Waals surface area contributed by atoms with Crippen molar-refractivity contribution in [3.05, 3.63) is 70.8 Å². The molecule has 4 rings (SSSR count). The van der Waals surface area contributed by atoms with Gasteiger partial charge in [0.15, 0.2) is 0 Å². The van der Waals surface area contributed by atoms with E-state index in [2.05, 4.69) is 15.4 Å². The number of anilines is 1. The molecule has 4 aromatic rings. The lowest BCUT2D eigenvalue weighted by Crippen LogP contribution is -2.10. The highest BCUT2D eigenvalue weighted by Gasteiger charge is 2.15. The van der Waals surface area contributed by atoms with Crippen LogP contribution in [0, 0.1) is 5.82 Å². The quantitative estimate of drug-likeness (QED) is 0.487. The fourth-order valence-electron chi connectivity index (χ4n) is 2.67. The predicted molar refractivity (Wildman–Crippen MR) is 109 cm³/mol. The standard InChI is InChI=1S/C20H14ClFN4OS/c1-12(27)23-19-10-17(13-2-6-15(21)7-3-13)25-26(19)20-24-18(11-28-20)14-4-8-16(22)9-5-14/h2-11H,1H3,(H,23,27). The van der Waals surface area contributed by atoms with Crippen molar-refractivity contribution in [3.63, 3.8) is 0 Å². The summed E-state index contributed by atoms with van der Waals surface area (Å²) in [7, 11) is 0. The lowest BCUT2D eigenvalue weighted by atomic mass is 10.1. The van der Waals surface area contributed by atoms with Crippen LogP contribution in [0.1, 0.15) is 6.92 Å². The Bertz CT molecular complexity index is 1140. The number of nitrogens with zero attached hydrogens (tertiary/aromatic N) is 3. The van der Waals surface area contributed by atoms with Crippen LogP contribution in [-0.4, -0.2) is 20.7 Å². The lowest BCUT2D eigenvalue weighted by Gasteiger charge is -2.03. The Morgan fingerprint density at radius 3 is 2.39 bits per heavy atom. The van der Waals surface area contributed by atoms with Crippen molar-refractivity contribution in [1.82, 2.24) is 14.8 Å².